The van der Waals surface area contributed by atoms with Gasteiger partial charge in [-0.2, -0.15) is 10.2 Å². The van der Waals surface area contributed by atoms with E-state index in [0.717, 1.165) is 0 Å². The summed E-state index contributed by atoms with van der Waals surface area (Å²) in [6.45, 7) is 8.00. The highest BCUT2D eigenvalue weighted by Crippen LogP contribution is 2.17. The van der Waals surface area contributed by atoms with E-state index in [9.17, 15) is 9.59 Å². The van der Waals surface area contributed by atoms with Crippen molar-refractivity contribution in [1.82, 2.24) is 25.4 Å². The molecule has 2 N–H and O–H groups in total. The largest absolute Gasteiger partial charge is 0.268 e. The monoisotopic (exact) mass is 327 g/mol. The fourth-order valence-electron chi connectivity index (χ4n) is 1.69. The van der Waals surface area contributed by atoms with Crippen molar-refractivity contribution < 1.29 is 0 Å². The molecule has 3 heterocycles. The van der Waals surface area contributed by atoms with E-state index in [1.54, 1.807) is 30.3 Å². The molecule has 0 aromatic carbocycles. The quantitative estimate of drug-likeness (QED) is 0.753. The summed E-state index contributed by atoms with van der Waals surface area (Å²) in [5, 5.41) is 12.6. The zero-order valence-corrected chi connectivity index (χ0v) is 14.2. The van der Waals surface area contributed by atoms with Gasteiger partial charge in [0.25, 0.3) is 11.1 Å². The lowest BCUT2D eigenvalue weighted by Crippen LogP contribution is -2.07. The minimum atomic E-state index is -0.271. The summed E-state index contributed by atoms with van der Waals surface area (Å²) in [6, 6.07) is 11.3. The molecule has 3 aromatic rings. The van der Waals surface area contributed by atoms with Gasteiger partial charge in [-0.15, -0.1) is 0 Å². The molecule has 7 nitrogen and oxygen atoms in total. The molecular formula is C17H21N5O2. The Morgan fingerprint density at radius 2 is 1.04 bits per heavy atom. The summed E-state index contributed by atoms with van der Waals surface area (Å²) in [4.78, 5) is 26.4. The van der Waals surface area contributed by atoms with Crippen molar-refractivity contribution in [1.29, 1.82) is 0 Å². The second-order valence-corrected chi connectivity index (χ2v) is 4.02. The Morgan fingerprint density at radius 3 is 1.38 bits per heavy atom. The predicted molar refractivity (Wildman–Crippen MR) is 94.6 cm³/mol. The van der Waals surface area contributed by atoms with Crippen LogP contribution in [0.15, 0.2) is 52.1 Å². The van der Waals surface area contributed by atoms with Crippen LogP contribution in [0.5, 0.6) is 0 Å². The Morgan fingerprint density at radius 1 is 0.625 bits per heavy atom. The number of nitrogens with one attached hydrogen (secondary N) is 2. The van der Waals surface area contributed by atoms with Crippen LogP contribution in [0.1, 0.15) is 27.7 Å². The highest BCUT2D eigenvalue weighted by Gasteiger charge is 2.05. The van der Waals surface area contributed by atoms with Crippen molar-refractivity contribution in [2.75, 3.05) is 0 Å². The van der Waals surface area contributed by atoms with E-state index in [0.29, 0.717) is 22.8 Å². The van der Waals surface area contributed by atoms with Gasteiger partial charge in [0.15, 0.2) is 0 Å². The van der Waals surface area contributed by atoms with Gasteiger partial charge in [-0.25, -0.2) is 15.2 Å². The molecule has 0 aliphatic carbocycles. The zero-order valence-electron chi connectivity index (χ0n) is 14.2. The lowest BCUT2D eigenvalue weighted by molar-refractivity contribution is 0.980. The number of hydrogen-bond donors (Lipinski definition) is 2. The molecule has 0 radical (unpaired) electrons. The van der Waals surface area contributed by atoms with E-state index in [2.05, 4.69) is 25.4 Å². The first kappa shape index (κ1) is 19.0. The molecule has 24 heavy (non-hydrogen) atoms. The molecule has 0 unspecified atom stereocenters. The van der Waals surface area contributed by atoms with Crippen LogP contribution < -0.4 is 11.1 Å². The van der Waals surface area contributed by atoms with Crippen LogP contribution in [0.4, 0.5) is 0 Å². The van der Waals surface area contributed by atoms with Crippen LogP contribution in [0, 0.1) is 0 Å². The maximum atomic E-state index is 11.0. The second-order valence-electron chi connectivity index (χ2n) is 4.02. The Kier molecular flexibility index (Phi) is 7.77. The summed E-state index contributed by atoms with van der Waals surface area (Å²) in [7, 11) is 0. The number of aromatic nitrogens is 5. The van der Waals surface area contributed by atoms with Crippen LogP contribution >= 0.6 is 0 Å². The number of nitrogens with zero attached hydrogens (tertiary/aromatic N) is 3. The van der Waals surface area contributed by atoms with E-state index < -0.39 is 0 Å². The summed E-state index contributed by atoms with van der Waals surface area (Å²) in [6.07, 6.45) is 0. The maximum Gasteiger partial charge on any atom is 0.264 e. The number of pyridine rings is 1. The highest BCUT2D eigenvalue weighted by molar-refractivity contribution is 5.60. The van der Waals surface area contributed by atoms with E-state index in [4.69, 9.17) is 0 Å². The molecule has 0 spiro atoms. The molecule has 0 aliphatic rings. The minimum Gasteiger partial charge on any atom is -0.268 e. The predicted octanol–water partition coefficient (Wildman–Crippen LogP) is 2.63. The fraction of sp³-hybridized carbons (Fsp3) is 0.235. The summed E-state index contributed by atoms with van der Waals surface area (Å²) < 4.78 is 0. The minimum absolute atomic E-state index is 0.271. The van der Waals surface area contributed by atoms with Gasteiger partial charge < -0.3 is 0 Å². The molecule has 0 aliphatic heterocycles. The van der Waals surface area contributed by atoms with Gasteiger partial charge in [0.05, 0.1) is 11.4 Å². The molecule has 7 heteroatoms. The van der Waals surface area contributed by atoms with Gasteiger partial charge in [-0.1, -0.05) is 33.8 Å². The van der Waals surface area contributed by atoms with Crippen molar-refractivity contribution in [2.24, 2.45) is 0 Å². The van der Waals surface area contributed by atoms with Crippen LogP contribution in [-0.4, -0.2) is 25.4 Å². The first-order valence-corrected chi connectivity index (χ1v) is 7.82. The molecule has 0 saturated heterocycles. The van der Waals surface area contributed by atoms with Crippen LogP contribution in [-0.2, 0) is 0 Å². The molecule has 0 atom stereocenters. The molecule has 3 rings (SSSR count). The molecule has 0 bridgehead atoms. The van der Waals surface area contributed by atoms with Crippen molar-refractivity contribution in [3.63, 3.8) is 0 Å². The van der Waals surface area contributed by atoms with E-state index >= 15 is 0 Å². The summed E-state index contributed by atoms with van der Waals surface area (Å²) in [5.74, 6) is 0. The van der Waals surface area contributed by atoms with Crippen LogP contribution in [0.25, 0.3) is 22.8 Å². The molecule has 0 fully saturated rings. The maximum absolute atomic E-state index is 11.0. The van der Waals surface area contributed by atoms with E-state index in [-0.39, 0.29) is 11.1 Å². The van der Waals surface area contributed by atoms with Gasteiger partial charge in [0, 0.05) is 12.1 Å². The van der Waals surface area contributed by atoms with Crippen molar-refractivity contribution in [3.05, 3.63) is 63.2 Å². The van der Waals surface area contributed by atoms with E-state index in [1.807, 2.05) is 27.7 Å². The Labute approximate surface area is 139 Å². The second kappa shape index (κ2) is 9.83. The number of rotatable bonds is 2. The number of H-pyrrole nitrogens is 2. The Bertz CT molecular complexity index is 761. The average molecular weight is 327 g/mol. The van der Waals surface area contributed by atoms with Gasteiger partial charge in [-0.3, -0.25) is 9.59 Å². The van der Waals surface area contributed by atoms with Gasteiger partial charge in [-0.05, 0) is 24.3 Å². The lowest BCUT2D eigenvalue weighted by atomic mass is 10.2. The van der Waals surface area contributed by atoms with Gasteiger partial charge >= 0.3 is 0 Å². The third-order valence-corrected chi connectivity index (χ3v) is 2.63. The fourth-order valence-corrected chi connectivity index (χ4v) is 1.69. The number of aromatic amines is 2. The highest BCUT2D eigenvalue weighted by atomic mass is 16.1. The molecule has 126 valence electrons. The van der Waals surface area contributed by atoms with Gasteiger partial charge in [0.1, 0.15) is 11.4 Å². The van der Waals surface area contributed by atoms with Crippen molar-refractivity contribution in [3.8, 4) is 22.8 Å². The first-order chi connectivity index (χ1) is 11.7. The first-order valence-electron chi connectivity index (χ1n) is 7.82. The Hall–Kier alpha value is -3.09. The third-order valence-electron chi connectivity index (χ3n) is 2.63. The third kappa shape index (κ3) is 4.98. The lowest BCUT2D eigenvalue weighted by Gasteiger charge is -2.02. The molecular weight excluding hydrogens is 306 g/mol. The smallest absolute Gasteiger partial charge is 0.264 e. The summed E-state index contributed by atoms with van der Waals surface area (Å²) >= 11 is 0. The van der Waals surface area contributed by atoms with Crippen LogP contribution in [0.3, 0.4) is 0 Å². The van der Waals surface area contributed by atoms with Gasteiger partial charge in [0.2, 0.25) is 0 Å². The standard InChI is InChI=1S/C13H9N5O2.2C2H6/c19-12-6-4-10(15-17-12)8-2-1-3-9(14-8)11-5-7-13(20)18-16-11;2*1-2/h1-7H,(H,17,19)(H,18,20);2*1-2H3. The molecule has 3 aromatic heterocycles. The molecule has 0 amide bonds. The SMILES string of the molecule is CC.CC.O=c1ccc(-c2cccc(-c3ccc(=O)[nH]n3)n2)n[nH]1. The zero-order chi connectivity index (χ0) is 17.9. The number of hydrogen-bond acceptors (Lipinski definition) is 5. The topological polar surface area (TPSA) is 104 Å². The summed E-state index contributed by atoms with van der Waals surface area (Å²) in [5.41, 5.74) is 1.77. The van der Waals surface area contributed by atoms with Crippen molar-refractivity contribution >= 4 is 0 Å². The normalized spacial score (nSPS) is 9.17. The van der Waals surface area contributed by atoms with Crippen molar-refractivity contribution in [2.45, 2.75) is 27.7 Å². The Balaban J connectivity index is 0.000000671. The molecule has 0 saturated carbocycles. The average Bonchev–Trinajstić information content (AvgIpc) is 2.66. The van der Waals surface area contributed by atoms with Crippen LogP contribution in [0.2, 0.25) is 0 Å². The van der Waals surface area contributed by atoms with E-state index in [1.165, 1.54) is 12.1 Å².